The predicted molar refractivity (Wildman–Crippen MR) is 149 cm³/mol. The van der Waals surface area contributed by atoms with Gasteiger partial charge in [-0.05, 0) is 62.4 Å². The van der Waals surface area contributed by atoms with Crippen molar-refractivity contribution in [3.05, 3.63) is 71.6 Å². The number of carboxylic acid groups (broad SMARTS) is 1. The fourth-order valence-electron chi connectivity index (χ4n) is 6.41. The number of halogens is 3. The standard InChI is InChI=1S/C31H29F3N4O5/c1-37-26(30(39)40)15-25(35-37)17-8-10-19(11-9-17)38-20-12-21(38)14-22(13-20)41-16-24-28(36-43-29(24)18-6-7-18)23-4-2-3-5-27(23)42-31(32,33)34/h2-5,8-11,15,18,20-22H,6-7,12-14,16H2,1H3,(H,39,40)/t20-,21?,22+/m1/s1. The van der Waals surface area contributed by atoms with Crippen LogP contribution < -0.4 is 9.64 Å². The van der Waals surface area contributed by atoms with E-state index in [0.717, 1.165) is 43.4 Å². The third kappa shape index (κ3) is 5.35. The highest BCUT2D eigenvalue weighted by atomic mass is 19.4. The van der Waals surface area contributed by atoms with E-state index < -0.39 is 12.3 Å². The van der Waals surface area contributed by atoms with Crippen LogP contribution in [0, 0.1) is 0 Å². The van der Waals surface area contributed by atoms with Crippen LogP contribution in [0.15, 0.2) is 59.1 Å². The molecule has 12 heteroatoms. The van der Waals surface area contributed by atoms with E-state index in [4.69, 9.17) is 9.26 Å². The molecule has 2 saturated carbocycles. The van der Waals surface area contributed by atoms with Gasteiger partial charge in [0.1, 0.15) is 22.9 Å². The Morgan fingerprint density at radius 3 is 2.44 bits per heavy atom. The van der Waals surface area contributed by atoms with Crippen molar-refractivity contribution in [2.75, 3.05) is 4.90 Å². The van der Waals surface area contributed by atoms with E-state index >= 15 is 0 Å². The van der Waals surface area contributed by atoms with E-state index in [1.165, 1.54) is 16.8 Å². The van der Waals surface area contributed by atoms with E-state index in [9.17, 15) is 23.1 Å². The fraction of sp³-hybridized carbons (Fsp3) is 0.387. The molecule has 2 saturated heterocycles. The zero-order valence-electron chi connectivity index (χ0n) is 23.3. The fourth-order valence-corrected chi connectivity index (χ4v) is 6.41. The van der Waals surface area contributed by atoms with Crippen molar-refractivity contribution in [1.29, 1.82) is 0 Å². The van der Waals surface area contributed by atoms with E-state index in [1.54, 1.807) is 25.2 Å². The number of hydrogen-bond acceptors (Lipinski definition) is 7. The minimum absolute atomic E-state index is 0.00120. The maximum Gasteiger partial charge on any atom is 0.573 e. The number of anilines is 1. The normalized spacial score (nSPS) is 21.5. The molecule has 2 aromatic carbocycles. The highest BCUT2D eigenvalue weighted by Gasteiger charge is 2.46. The van der Waals surface area contributed by atoms with Crippen molar-refractivity contribution >= 4 is 11.7 Å². The van der Waals surface area contributed by atoms with Crippen molar-refractivity contribution in [3.63, 3.8) is 0 Å². The topological polar surface area (TPSA) is 103 Å². The third-order valence-corrected chi connectivity index (χ3v) is 8.56. The van der Waals surface area contributed by atoms with Crippen LogP contribution >= 0.6 is 0 Å². The summed E-state index contributed by atoms with van der Waals surface area (Å²) >= 11 is 0. The molecule has 0 amide bonds. The summed E-state index contributed by atoms with van der Waals surface area (Å²) in [7, 11) is 1.61. The Balaban J connectivity index is 1.03. The number of aromatic nitrogens is 3. The number of nitrogens with zero attached hydrogens (tertiary/aromatic N) is 4. The van der Waals surface area contributed by atoms with Gasteiger partial charge in [-0.2, -0.15) is 5.10 Å². The molecule has 0 spiro atoms. The van der Waals surface area contributed by atoms with Gasteiger partial charge in [-0.15, -0.1) is 13.2 Å². The van der Waals surface area contributed by atoms with Crippen LogP contribution in [-0.4, -0.2) is 50.6 Å². The summed E-state index contributed by atoms with van der Waals surface area (Å²) in [6.07, 6.45) is -0.208. The van der Waals surface area contributed by atoms with Gasteiger partial charge in [-0.25, -0.2) is 4.79 Å². The van der Waals surface area contributed by atoms with Crippen LogP contribution in [0.5, 0.6) is 5.75 Å². The second-order valence-electron chi connectivity index (χ2n) is 11.4. The smallest absolute Gasteiger partial charge is 0.477 e. The SMILES string of the molecule is Cn1nc(-c2ccc(N3C4C[C@@H](OCc5c(-c6ccccc6OC(F)(F)F)noc5C5CC5)C[C@H]3C4)cc2)cc1C(=O)O. The Labute approximate surface area is 244 Å². The molecule has 0 radical (unpaired) electrons. The number of ether oxygens (including phenoxy) is 2. The molecule has 4 fully saturated rings. The molecule has 9 nitrogen and oxygen atoms in total. The molecule has 1 unspecified atom stereocenters. The monoisotopic (exact) mass is 594 g/mol. The van der Waals surface area contributed by atoms with Crippen LogP contribution in [0.25, 0.3) is 22.5 Å². The summed E-state index contributed by atoms with van der Waals surface area (Å²) in [5.41, 5.74) is 3.91. The summed E-state index contributed by atoms with van der Waals surface area (Å²) in [6.45, 7) is 0.201. The number of alkyl halides is 3. The number of carboxylic acids is 1. The molecule has 3 atom stereocenters. The number of aryl methyl sites for hydroxylation is 1. The molecule has 2 aromatic heterocycles. The van der Waals surface area contributed by atoms with Crippen molar-refractivity contribution < 1.29 is 37.1 Å². The zero-order valence-corrected chi connectivity index (χ0v) is 23.3. The molecule has 2 aliphatic carbocycles. The van der Waals surface area contributed by atoms with Gasteiger partial charge >= 0.3 is 12.3 Å². The van der Waals surface area contributed by atoms with Gasteiger partial charge in [-0.3, -0.25) is 4.68 Å². The largest absolute Gasteiger partial charge is 0.573 e. The van der Waals surface area contributed by atoms with Crippen molar-refractivity contribution in [3.8, 4) is 28.3 Å². The van der Waals surface area contributed by atoms with Crippen LogP contribution in [0.1, 0.15) is 59.8 Å². The van der Waals surface area contributed by atoms with Crippen LogP contribution in [0.4, 0.5) is 18.9 Å². The van der Waals surface area contributed by atoms with Gasteiger partial charge < -0.3 is 24.0 Å². The lowest BCUT2D eigenvalue weighted by Gasteiger charge is -2.56. The van der Waals surface area contributed by atoms with Crippen molar-refractivity contribution in [2.45, 2.75) is 69.2 Å². The summed E-state index contributed by atoms with van der Waals surface area (Å²) in [6, 6.07) is 16.1. The summed E-state index contributed by atoms with van der Waals surface area (Å²) in [4.78, 5) is 13.8. The molecule has 4 aliphatic rings. The van der Waals surface area contributed by atoms with Gasteiger partial charge in [0.25, 0.3) is 0 Å². The third-order valence-electron chi connectivity index (χ3n) is 8.56. The van der Waals surface area contributed by atoms with E-state index in [2.05, 4.69) is 19.9 Å². The quantitative estimate of drug-likeness (QED) is 0.233. The predicted octanol–water partition coefficient (Wildman–Crippen LogP) is 6.54. The Bertz CT molecular complexity index is 1650. The summed E-state index contributed by atoms with van der Waals surface area (Å²) in [5.74, 6) is -0.455. The van der Waals surface area contributed by atoms with Gasteiger partial charge in [-0.1, -0.05) is 29.4 Å². The van der Waals surface area contributed by atoms with E-state index in [0.29, 0.717) is 34.8 Å². The number of carbonyl (C=O) groups is 1. The molecular weight excluding hydrogens is 565 g/mol. The summed E-state index contributed by atoms with van der Waals surface area (Å²) < 4.78 is 57.0. The number of benzene rings is 2. The Kier molecular flexibility index (Phi) is 6.68. The van der Waals surface area contributed by atoms with Crippen LogP contribution in [0.3, 0.4) is 0 Å². The van der Waals surface area contributed by atoms with Gasteiger partial charge in [0.15, 0.2) is 0 Å². The number of piperidine rings is 1. The highest BCUT2D eigenvalue weighted by molar-refractivity contribution is 5.87. The number of hydrogen-bond donors (Lipinski definition) is 1. The number of para-hydroxylation sites is 1. The summed E-state index contributed by atoms with van der Waals surface area (Å²) in [5, 5.41) is 17.8. The molecular formula is C31H29F3N4O5. The van der Waals surface area contributed by atoms with E-state index in [1.807, 2.05) is 24.3 Å². The average Bonchev–Trinajstić information content (AvgIpc) is 3.60. The van der Waals surface area contributed by atoms with Gasteiger partial charge in [0, 0.05) is 47.4 Å². The lowest BCUT2D eigenvalue weighted by molar-refractivity contribution is -0.274. The second-order valence-corrected chi connectivity index (χ2v) is 11.4. The minimum Gasteiger partial charge on any atom is -0.477 e. The Hall–Kier alpha value is -4.32. The maximum absolute atomic E-state index is 13.1. The molecule has 1 N–H and O–H groups in total. The number of rotatable bonds is 9. The van der Waals surface area contributed by atoms with Crippen molar-refractivity contribution in [2.24, 2.45) is 7.05 Å². The first-order valence-electron chi connectivity index (χ1n) is 14.3. The average molecular weight is 595 g/mol. The number of aromatic carboxylic acids is 1. The van der Waals surface area contributed by atoms with Gasteiger partial charge in [0.05, 0.1) is 18.4 Å². The molecule has 4 heterocycles. The van der Waals surface area contributed by atoms with Gasteiger partial charge in [0.2, 0.25) is 0 Å². The highest BCUT2D eigenvalue weighted by Crippen LogP contribution is 2.47. The zero-order chi connectivity index (χ0) is 29.9. The lowest BCUT2D eigenvalue weighted by Crippen LogP contribution is -2.62. The van der Waals surface area contributed by atoms with Crippen LogP contribution in [0.2, 0.25) is 0 Å². The minimum atomic E-state index is -4.83. The van der Waals surface area contributed by atoms with Crippen molar-refractivity contribution in [1.82, 2.24) is 14.9 Å². The Morgan fingerprint density at radius 2 is 1.79 bits per heavy atom. The lowest BCUT2D eigenvalue weighted by atomic mass is 9.77. The Morgan fingerprint density at radius 1 is 1.07 bits per heavy atom. The first kappa shape index (κ1) is 27.5. The second kappa shape index (κ2) is 10.4. The number of fused-ring (bicyclic) bond motifs is 2. The molecule has 43 heavy (non-hydrogen) atoms. The molecule has 2 aliphatic heterocycles. The molecule has 224 valence electrons. The molecule has 4 aromatic rings. The van der Waals surface area contributed by atoms with Crippen LogP contribution in [-0.2, 0) is 18.4 Å². The maximum atomic E-state index is 13.1. The first-order valence-corrected chi connectivity index (χ1v) is 14.3. The molecule has 8 rings (SSSR count). The first-order chi connectivity index (χ1) is 20.6. The van der Waals surface area contributed by atoms with E-state index in [-0.39, 0.29) is 35.6 Å². The molecule has 2 bridgehead atoms.